The van der Waals surface area contributed by atoms with Crippen molar-refractivity contribution in [3.05, 3.63) is 0 Å². The number of carbonyl (C=O) groups is 1. The van der Waals surface area contributed by atoms with Crippen LogP contribution in [0.1, 0.15) is 19.8 Å². The highest BCUT2D eigenvalue weighted by atomic mass is 16.2. The Morgan fingerprint density at radius 3 is 2.46 bits per heavy atom. The highest BCUT2D eigenvalue weighted by Crippen LogP contribution is 1.88. The van der Waals surface area contributed by atoms with Crippen LogP contribution >= 0.6 is 0 Å². The van der Waals surface area contributed by atoms with Gasteiger partial charge in [0.2, 0.25) is 0 Å². The Labute approximate surface area is 80.7 Å². The quantitative estimate of drug-likeness (QED) is 0.600. The topological polar surface area (TPSA) is 44.4 Å². The molecule has 0 aliphatic heterocycles. The van der Waals surface area contributed by atoms with Gasteiger partial charge in [-0.2, -0.15) is 0 Å². The number of rotatable bonds is 6. The van der Waals surface area contributed by atoms with Crippen molar-refractivity contribution in [2.45, 2.75) is 19.8 Å². The van der Waals surface area contributed by atoms with Crippen molar-refractivity contribution in [2.75, 3.05) is 33.7 Å². The lowest BCUT2D eigenvalue weighted by Crippen LogP contribution is -2.35. The van der Waals surface area contributed by atoms with Crippen LogP contribution in [0.25, 0.3) is 0 Å². The third-order valence-electron chi connectivity index (χ3n) is 1.65. The van der Waals surface area contributed by atoms with E-state index in [0.29, 0.717) is 6.54 Å². The molecule has 78 valence electrons. The van der Waals surface area contributed by atoms with Crippen LogP contribution in [-0.4, -0.2) is 44.7 Å². The number of amides is 2. The van der Waals surface area contributed by atoms with Gasteiger partial charge in [-0.1, -0.05) is 0 Å². The summed E-state index contributed by atoms with van der Waals surface area (Å²) in [5.74, 6) is 0. The maximum Gasteiger partial charge on any atom is 0.314 e. The Balaban J connectivity index is 3.11. The zero-order valence-electron chi connectivity index (χ0n) is 8.89. The maximum atomic E-state index is 10.9. The summed E-state index contributed by atoms with van der Waals surface area (Å²) >= 11 is 0. The molecular weight excluding hydrogens is 166 g/mol. The van der Waals surface area contributed by atoms with Gasteiger partial charge < -0.3 is 15.5 Å². The molecular formula is C9H21N3O. The molecule has 0 fully saturated rings. The van der Waals surface area contributed by atoms with E-state index < -0.39 is 0 Å². The number of hydrogen-bond donors (Lipinski definition) is 2. The first-order valence-electron chi connectivity index (χ1n) is 4.83. The van der Waals surface area contributed by atoms with Crippen LogP contribution in [0.2, 0.25) is 0 Å². The summed E-state index contributed by atoms with van der Waals surface area (Å²) < 4.78 is 0. The largest absolute Gasteiger partial charge is 0.338 e. The average Bonchev–Trinajstić information content (AvgIpc) is 2.03. The minimum atomic E-state index is -0.0626. The van der Waals surface area contributed by atoms with Crippen molar-refractivity contribution >= 4 is 6.03 Å². The van der Waals surface area contributed by atoms with Crippen LogP contribution in [0.5, 0.6) is 0 Å². The van der Waals surface area contributed by atoms with Gasteiger partial charge in [0.25, 0.3) is 0 Å². The normalized spacial score (nSPS) is 10.2. The smallest absolute Gasteiger partial charge is 0.314 e. The van der Waals surface area contributed by atoms with E-state index in [9.17, 15) is 4.79 Å². The van der Waals surface area contributed by atoms with Crippen LogP contribution in [-0.2, 0) is 0 Å². The van der Waals surface area contributed by atoms with Crippen molar-refractivity contribution in [1.82, 2.24) is 15.5 Å². The summed E-state index contributed by atoms with van der Waals surface area (Å²) in [6.07, 6.45) is 2.16. The molecule has 0 aromatic rings. The first-order valence-corrected chi connectivity index (χ1v) is 4.83. The Bertz CT molecular complexity index is 137. The summed E-state index contributed by atoms with van der Waals surface area (Å²) in [6, 6.07) is -0.0626. The second-order valence-electron chi connectivity index (χ2n) is 3.30. The third-order valence-corrected chi connectivity index (χ3v) is 1.65. The van der Waals surface area contributed by atoms with Gasteiger partial charge >= 0.3 is 6.03 Å². The van der Waals surface area contributed by atoms with Crippen molar-refractivity contribution in [3.8, 4) is 0 Å². The number of urea groups is 1. The second kappa shape index (κ2) is 7.86. The summed E-state index contributed by atoms with van der Waals surface area (Å²) in [6.45, 7) is 4.44. The fraction of sp³-hybridized carbons (Fsp3) is 0.889. The molecule has 2 amide bonds. The lowest BCUT2D eigenvalue weighted by molar-refractivity contribution is 0.241. The molecule has 0 aromatic heterocycles. The van der Waals surface area contributed by atoms with Gasteiger partial charge in [-0.05, 0) is 40.4 Å². The number of nitrogens with zero attached hydrogens (tertiary/aromatic N) is 1. The molecule has 13 heavy (non-hydrogen) atoms. The van der Waals surface area contributed by atoms with Crippen molar-refractivity contribution in [3.63, 3.8) is 0 Å². The van der Waals surface area contributed by atoms with Crippen LogP contribution in [0.4, 0.5) is 4.79 Å². The second-order valence-corrected chi connectivity index (χ2v) is 3.30. The molecule has 0 saturated heterocycles. The maximum absolute atomic E-state index is 10.9. The first-order chi connectivity index (χ1) is 6.16. The summed E-state index contributed by atoms with van der Waals surface area (Å²) in [7, 11) is 4.11. The zero-order valence-corrected chi connectivity index (χ0v) is 8.89. The standard InChI is InChI=1S/C9H21N3O/c1-4-10-9(13)11-7-5-6-8-12(2)3/h4-8H2,1-3H3,(H2,10,11,13). The SMILES string of the molecule is CCNC(=O)NCCCCN(C)C. The minimum absolute atomic E-state index is 0.0626. The Hall–Kier alpha value is -0.770. The molecule has 0 radical (unpaired) electrons. The molecule has 4 nitrogen and oxygen atoms in total. The molecule has 0 aliphatic rings. The van der Waals surface area contributed by atoms with Gasteiger partial charge in [0, 0.05) is 13.1 Å². The van der Waals surface area contributed by atoms with Gasteiger partial charge in [-0.25, -0.2) is 4.79 Å². The van der Waals surface area contributed by atoms with E-state index in [1.165, 1.54) is 0 Å². The third kappa shape index (κ3) is 9.14. The van der Waals surface area contributed by atoms with Crippen molar-refractivity contribution in [2.24, 2.45) is 0 Å². The predicted octanol–water partition coefficient (Wildman–Crippen LogP) is 0.647. The van der Waals surface area contributed by atoms with Gasteiger partial charge in [-0.15, -0.1) is 0 Å². The minimum Gasteiger partial charge on any atom is -0.338 e. The fourth-order valence-electron chi connectivity index (χ4n) is 0.978. The van der Waals surface area contributed by atoms with E-state index in [1.54, 1.807) is 0 Å². The lowest BCUT2D eigenvalue weighted by atomic mass is 10.3. The van der Waals surface area contributed by atoms with Crippen molar-refractivity contribution < 1.29 is 4.79 Å². The van der Waals surface area contributed by atoms with Crippen LogP contribution < -0.4 is 10.6 Å². The highest BCUT2D eigenvalue weighted by molar-refractivity contribution is 5.73. The molecule has 0 aliphatic carbocycles. The Morgan fingerprint density at radius 2 is 1.92 bits per heavy atom. The molecule has 0 unspecified atom stereocenters. The van der Waals surface area contributed by atoms with Gasteiger partial charge in [0.1, 0.15) is 0 Å². The van der Waals surface area contributed by atoms with E-state index in [-0.39, 0.29) is 6.03 Å². The van der Waals surface area contributed by atoms with Gasteiger partial charge in [0.15, 0.2) is 0 Å². The zero-order chi connectivity index (χ0) is 10.1. The number of hydrogen-bond acceptors (Lipinski definition) is 2. The number of carbonyl (C=O) groups excluding carboxylic acids is 1. The molecule has 0 saturated carbocycles. The molecule has 0 heterocycles. The molecule has 0 bridgehead atoms. The fourth-order valence-corrected chi connectivity index (χ4v) is 0.978. The molecule has 0 aromatic carbocycles. The van der Waals surface area contributed by atoms with E-state index in [2.05, 4.69) is 29.6 Å². The van der Waals surface area contributed by atoms with E-state index in [0.717, 1.165) is 25.9 Å². The predicted molar refractivity (Wildman–Crippen MR) is 54.9 cm³/mol. The summed E-state index contributed by atoms with van der Waals surface area (Å²) in [4.78, 5) is 13.1. The summed E-state index contributed by atoms with van der Waals surface area (Å²) in [5.41, 5.74) is 0. The molecule has 2 N–H and O–H groups in total. The molecule has 0 rings (SSSR count). The van der Waals surface area contributed by atoms with E-state index in [1.807, 2.05) is 6.92 Å². The highest BCUT2D eigenvalue weighted by Gasteiger charge is 1.96. The van der Waals surface area contributed by atoms with Crippen LogP contribution in [0.15, 0.2) is 0 Å². The molecule has 0 atom stereocenters. The van der Waals surface area contributed by atoms with Crippen LogP contribution in [0.3, 0.4) is 0 Å². The molecule has 0 spiro atoms. The van der Waals surface area contributed by atoms with Crippen LogP contribution in [0, 0.1) is 0 Å². The Kier molecular flexibility index (Phi) is 7.39. The average molecular weight is 187 g/mol. The lowest BCUT2D eigenvalue weighted by Gasteiger charge is -2.09. The number of nitrogens with one attached hydrogen (secondary N) is 2. The van der Waals surface area contributed by atoms with E-state index in [4.69, 9.17) is 0 Å². The van der Waals surface area contributed by atoms with E-state index >= 15 is 0 Å². The van der Waals surface area contributed by atoms with Gasteiger partial charge in [-0.3, -0.25) is 0 Å². The molecule has 4 heteroatoms. The first kappa shape index (κ1) is 12.2. The summed E-state index contributed by atoms with van der Waals surface area (Å²) in [5, 5.41) is 5.47. The van der Waals surface area contributed by atoms with Gasteiger partial charge in [0.05, 0.1) is 0 Å². The Morgan fingerprint density at radius 1 is 1.23 bits per heavy atom. The number of unbranched alkanes of at least 4 members (excludes halogenated alkanes) is 1. The monoisotopic (exact) mass is 187 g/mol. The van der Waals surface area contributed by atoms with Crippen molar-refractivity contribution in [1.29, 1.82) is 0 Å².